The predicted molar refractivity (Wildman–Crippen MR) is 95.9 cm³/mol. The van der Waals surface area contributed by atoms with Gasteiger partial charge in [-0.15, -0.1) is 0 Å². The van der Waals surface area contributed by atoms with Crippen LogP contribution in [0.1, 0.15) is 29.5 Å². The number of ether oxygens (including phenoxy) is 1. The topological polar surface area (TPSA) is 26.3 Å². The molecule has 0 amide bonds. The summed E-state index contributed by atoms with van der Waals surface area (Å²) in [6.07, 6.45) is 4.65. The molecule has 0 atom stereocenters. The van der Waals surface area contributed by atoms with Crippen molar-refractivity contribution in [1.82, 2.24) is 0 Å². The van der Waals surface area contributed by atoms with Crippen LogP contribution in [0.15, 0.2) is 48.5 Å². The van der Waals surface area contributed by atoms with E-state index in [-0.39, 0.29) is 5.82 Å². The van der Waals surface area contributed by atoms with Crippen LogP contribution < -0.4 is 4.74 Å². The third-order valence-electron chi connectivity index (χ3n) is 3.83. The smallest absolute Gasteiger partial charge is 0.144 e. The highest BCUT2D eigenvalue weighted by Gasteiger charge is 2.03. The van der Waals surface area contributed by atoms with E-state index in [4.69, 9.17) is 16.3 Å². The molecule has 0 aliphatic carbocycles. The molecule has 0 bridgehead atoms. The van der Waals surface area contributed by atoms with Gasteiger partial charge in [-0.1, -0.05) is 23.7 Å². The van der Waals surface area contributed by atoms with Gasteiger partial charge in [0.05, 0.1) is 11.6 Å². The monoisotopic (exact) mass is 346 g/mol. The number of aryl methyl sites for hydroxylation is 1. The zero-order valence-corrected chi connectivity index (χ0v) is 14.4. The minimum Gasteiger partial charge on any atom is -0.494 e. The fourth-order valence-corrected chi connectivity index (χ4v) is 2.57. The molecule has 2 aromatic rings. The van der Waals surface area contributed by atoms with Gasteiger partial charge in [-0.05, 0) is 79.3 Å². The highest BCUT2D eigenvalue weighted by molar-refractivity contribution is 6.49. The Morgan fingerprint density at radius 2 is 1.92 bits per heavy atom. The second kappa shape index (κ2) is 9.24. The summed E-state index contributed by atoms with van der Waals surface area (Å²) in [5, 5.41) is 0.405. The van der Waals surface area contributed by atoms with Crippen molar-refractivity contribution >= 4 is 22.9 Å². The van der Waals surface area contributed by atoms with Crippen molar-refractivity contribution < 1.29 is 13.9 Å². The molecule has 24 heavy (non-hydrogen) atoms. The van der Waals surface area contributed by atoms with Crippen LogP contribution in [0.3, 0.4) is 0 Å². The molecule has 0 aliphatic rings. The number of unbranched alkanes of at least 4 members (excludes halogenated alkanes) is 1. The minimum atomic E-state index is -0.147. The van der Waals surface area contributed by atoms with Crippen LogP contribution in [0.2, 0.25) is 0 Å². The molecule has 0 saturated heterocycles. The Morgan fingerprint density at radius 3 is 2.62 bits per heavy atom. The maximum atomic E-state index is 13.5. The Labute approximate surface area is 146 Å². The van der Waals surface area contributed by atoms with Gasteiger partial charge in [0.2, 0.25) is 0 Å². The van der Waals surface area contributed by atoms with E-state index in [0.717, 1.165) is 41.7 Å². The molecule has 2 aromatic carbocycles. The molecule has 126 valence electrons. The van der Waals surface area contributed by atoms with Gasteiger partial charge in [-0.2, -0.15) is 0 Å². The molecule has 0 unspecified atom stereocenters. The van der Waals surface area contributed by atoms with E-state index in [1.54, 1.807) is 6.07 Å². The first-order chi connectivity index (χ1) is 11.6. The maximum absolute atomic E-state index is 13.5. The van der Waals surface area contributed by atoms with Crippen molar-refractivity contribution in [1.29, 1.82) is 0 Å². The molecule has 2 rings (SSSR count). The molecule has 0 heterocycles. The Morgan fingerprint density at radius 1 is 1.17 bits per heavy atom. The molecule has 0 fully saturated rings. The molecule has 0 aromatic heterocycles. The molecule has 0 radical (unpaired) electrons. The predicted octanol–water partition coefficient (Wildman–Crippen LogP) is 5.31. The number of halogens is 2. The number of rotatable bonds is 8. The van der Waals surface area contributed by atoms with Crippen LogP contribution in [0.5, 0.6) is 5.75 Å². The molecule has 0 saturated carbocycles. The van der Waals surface area contributed by atoms with Crippen LogP contribution >= 0.6 is 11.6 Å². The number of carbonyl (C=O) groups excluding carboxylic acids is 1. The third-order valence-corrected chi connectivity index (χ3v) is 4.18. The minimum absolute atomic E-state index is 0.147. The van der Waals surface area contributed by atoms with E-state index >= 15 is 0 Å². The quantitative estimate of drug-likeness (QED) is 0.367. The Kier molecular flexibility index (Phi) is 7.01. The number of hydrogen-bond donors (Lipinski definition) is 0. The molecular weight excluding hydrogens is 327 g/mol. The van der Waals surface area contributed by atoms with E-state index in [1.165, 1.54) is 12.1 Å². The van der Waals surface area contributed by atoms with Crippen molar-refractivity contribution in [3.05, 3.63) is 71.0 Å². The van der Waals surface area contributed by atoms with Gasteiger partial charge in [0.15, 0.2) is 0 Å². The SMILES string of the molecule is Cc1c(F)cccc1CCCCOc1ccc(/C(Cl)=C\C=O)cc1. The average Bonchev–Trinajstić information content (AvgIpc) is 2.59. The highest BCUT2D eigenvalue weighted by Crippen LogP contribution is 2.21. The van der Waals surface area contributed by atoms with Crippen molar-refractivity contribution in [3.8, 4) is 5.75 Å². The summed E-state index contributed by atoms with van der Waals surface area (Å²) in [6, 6.07) is 12.5. The van der Waals surface area contributed by atoms with Crippen LogP contribution in [0.25, 0.3) is 5.03 Å². The van der Waals surface area contributed by atoms with Crippen molar-refractivity contribution in [2.75, 3.05) is 6.61 Å². The summed E-state index contributed by atoms with van der Waals surface area (Å²) in [4.78, 5) is 10.4. The van der Waals surface area contributed by atoms with E-state index < -0.39 is 0 Å². The maximum Gasteiger partial charge on any atom is 0.144 e. The van der Waals surface area contributed by atoms with Crippen molar-refractivity contribution in [2.45, 2.75) is 26.2 Å². The molecule has 2 nitrogen and oxygen atoms in total. The summed E-state index contributed by atoms with van der Waals surface area (Å²) < 4.78 is 19.1. The zero-order chi connectivity index (χ0) is 17.4. The fraction of sp³-hybridized carbons (Fsp3) is 0.250. The fourth-order valence-electron chi connectivity index (χ4n) is 2.40. The molecule has 0 N–H and O–H groups in total. The average molecular weight is 347 g/mol. The number of aldehydes is 1. The Hall–Kier alpha value is -2.13. The van der Waals surface area contributed by atoms with Gasteiger partial charge in [0.1, 0.15) is 17.9 Å². The summed E-state index contributed by atoms with van der Waals surface area (Å²) in [5.74, 6) is 0.613. The summed E-state index contributed by atoms with van der Waals surface area (Å²) in [5.41, 5.74) is 2.56. The lowest BCUT2D eigenvalue weighted by Crippen LogP contribution is -1.99. The number of hydrogen-bond acceptors (Lipinski definition) is 2. The lowest BCUT2D eigenvalue weighted by molar-refractivity contribution is -0.104. The van der Waals surface area contributed by atoms with Crippen LogP contribution in [0.4, 0.5) is 4.39 Å². The van der Waals surface area contributed by atoms with Gasteiger partial charge in [-0.25, -0.2) is 4.39 Å². The molecule has 0 aliphatic heterocycles. The largest absolute Gasteiger partial charge is 0.494 e. The molecular formula is C20H20ClFO2. The Balaban J connectivity index is 1.75. The summed E-state index contributed by atoms with van der Waals surface area (Å²) in [6.45, 7) is 2.42. The normalized spacial score (nSPS) is 11.4. The highest BCUT2D eigenvalue weighted by atomic mass is 35.5. The van der Waals surface area contributed by atoms with E-state index in [1.807, 2.05) is 37.3 Å². The first kappa shape index (κ1) is 18.2. The summed E-state index contributed by atoms with van der Waals surface area (Å²) >= 11 is 5.95. The number of carbonyl (C=O) groups is 1. The van der Waals surface area contributed by atoms with Gasteiger partial charge in [-0.3, -0.25) is 4.79 Å². The first-order valence-corrected chi connectivity index (χ1v) is 8.28. The van der Waals surface area contributed by atoms with Gasteiger partial charge >= 0.3 is 0 Å². The van der Waals surface area contributed by atoms with E-state index in [9.17, 15) is 9.18 Å². The van der Waals surface area contributed by atoms with Crippen LogP contribution in [0, 0.1) is 12.7 Å². The Bertz CT molecular complexity index is 708. The second-order valence-electron chi connectivity index (χ2n) is 5.50. The van der Waals surface area contributed by atoms with E-state index in [0.29, 0.717) is 17.9 Å². The lowest BCUT2D eigenvalue weighted by Gasteiger charge is -2.08. The summed E-state index contributed by atoms with van der Waals surface area (Å²) in [7, 11) is 0. The van der Waals surface area contributed by atoms with E-state index in [2.05, 4.69) is 0 Å². The van der Waals surface area contributed by atoms with Crippen molar-refractivity contribution in [2.24, 2.45) is 0 Å². The first-order valence-electron chi connectivity index (χ1n) is 7.90. The second-order valence-corrected chi connectivity index (χ2v) is 5.91. The van der Waals surface area contributed by atoms with Gasteiger partial charge < -0.3 is 4.74 Å². The number of benzene rings is 2. The number of allylic oxidation sites excluding steroid dienone is 1. The van der Waals surface area contributed by atoms with Crippen LogP contribution in [-0.4, -0.2) is 12.9 Å². The lowest BCUT2D eigenvalue weighted by atomic mass is 10.0. The standard InChI is InChI=1S/C20H20ClFO2/c1-15-16(6-4-7-20(15)22)5-2-3-14-24-18-10-8-17(9-11-18)19(21)12-13-23/h4,6-13H,2-3,5,14H2,1H3/b19-12+. The van der Waals surface area contributed by atoms with Gasteiger partial charge in [0, 0.05) is 0 Å². The molecule has 0 spiro atoms. The molecule has 4 heteroatoms. The third kappa shape index (κ3) is 5.20. The van der Waals surface area contributed by atoms with Crippen LogP contribution in [-0.2, 0) is 11.2 Å². The van der Waals surface area contributed by atoms with Crippen molar-refractivity contribution in [3.63, 3.8) is 0 Å². The van der Waals surface area contributed by atoms with Gasteiger partial charge in [0.25, 0.3) is 0 Å². The zero-order valence-electron chi connectivity index (χ0n) is 13.6.